The van der Waals surface area contributed by atoms with E-state index in [1.807, 2.05) is 0 Å². The Morgan fingerprint density at radius 3 is 2.89 bits per heavy atom. The summed E-state index contributed by atoms with van der Waals surface area (Å²) in [6.45, 7) is 0. The molecule has 0 atom stereocenters. The van der Waals surface area contributed by atoms with Gasteiger partial charge in [0.1, 0.15) is 11.4 Å². The maximum atomic E-state index is 8.90. The molecule has 46 valence electrons. The van der Waals surface area contributed by atoms with E-state index in [0.717, 1.165) is 6.21 Å². The molecule has 0 aromatic carbocycles. The van der Waals surface area contributed by atoms with Gasteiger partial charge in [0.05, 0.1) is 0 Å². The second-order valence-electron chi connectivity index (χ2n) is 1.55. The lowest BCUT2D eigenvalue weighted by atomic mass is 10.3. The molecule has 2 N–H and O–H groups in total. The van der Waals surface area contributed by atoms with E-state index < -0.39 is 0 Å². The van der Waals surface area contributed by atoms with Gasteiger partial charge < -0.3 is 10.5 Å². The van der Waals surface area contributed by atoms with Crippen LogP contribution in [0.4, 0.5) is 0 Å². The van der Waals surface area contributed by atoms with Crippen LogP contribution in [0, 0.1) is 5.41 Å². The Hall–Kier alpha value is -1.38. The van der Waals surface area contributed by atoms with Crippen LogP contribution in [0.1, 0.15) is 5.69 Å². The Labute approximate surface area is 52.5 Å². The summed E-state index contributed by atoms with van der Waals surface area (Å²) < 4.78 is 0. The maximum Gasteiger partial charge on any atom is 0.142 e. The Bertz CT molecular complexity index is 222. The topological polar surface area (TPSA) is 57.0 Å². The van der Waals surface area contributed by atoms with E-state index in [1.165, 1.54) is 12.3 Å². The van der Waals surface area contributed by atoms with Crippen molar-refractivity contribution in [2.75, 3.05) is 0 Å². The zero-order valence-electron chi connectivity index (χ0n) is 4.70. The number of hydrogen-bond donors (Lipinski definition) is 2. The summed E-state index contributed by atoms with van der Waals surface area (Å²) in [6.07, 6.45) is 2.54. The second kappa shape index (κ2) is 2.26. The molecule has 1 aromatic rings. The van der Waals surface area contributed by atoms with Crippen molar-refractivity contribution in [1.82, 2.24) is 4.98 Å². The Balaban J connectivity index is 3.15. The van der Waals surface area contributed by atoms with Crippen LogP contribution in [0.2, 0.25) is 0 Å². The molecule has 0 fully saturated rings. The molecule has 0 aliphatic heterocycles. The lowest BCUT2D eigenvalue weighted by Crippen LogP contribution is -1.83. The lowest BCUT2D eigenvalue weighted by molar-refractivity contribution is 0.471. The van der Waals surface area contributed by atoms with E-state index in [2.05, 4.69) is 4.98 Å². The van der Waals surface area contributed by atoms with Gasteiger partial charge in [-0.25, -0.2) is 0 Å². The zero-order valence-corrected chi connectivity index (χ0v) is 4.70. The Kier molecular flexibility index (Phi) is 1.44. The number of nitrogens with zero attached hydrogens (tertiary/aromatic N) is 1. The average molecular weight is 122 g/mol. The first-order valence-electron chi connectivity index (χ1n) is 2.49. The zero-order chi connectivity index (χ0) is 6.69. The summed E-state index contributed by atoms with van der Waals surface area (Å²) >= 11 is 0. The molecular weight excluding hydrogens is 116 g/mol. The quantitative estimate of drug-likeness (QED) is 0.541. The van der Waals surface area contributed by atoms with Crippen LogP contribution in [0.5, 0.6) is 5.75 Å². The number of aromatic hydroxyl groups is 1. The van der Waals surface area contributed by atoms with Crippen LogP contribution < -0.4 is 0 Å². The highest BCUT2D eigenvalue weighted by Gasteiger charge is 1.93. The van der Waals surface area contributed by atoms with Crippen molar-refractivity contribution in [2.24, 2.45) is 0 Å². The highest BCUT2D eigenvalue weighted by molar-refractivity contribution is 5.77. The third-order valence-corrected chi connectivity index (χ3v) is 0.953. The molecule has 0 saturated carbocycles. The fraction of sp³-hybridized carbons (Fsp3) is 0. The molecule has 1 rings (SSSR count). The largest absolute Gasteiger partial charge is 0.506 e. The molecule has 3 heteroatoms. The van der Waals surface area contributed by atoms with Crippen molar-refractivity contribution < 1.29 is 5.11 Å². The standard InChI is InChI=1S/C6H6N2O/c7-4-5-6(9)2-1-3-8-5/h1-4,7,9H. The van der Waals surface area contributed by atoms with Crippen LogP contribution in [0.3, 0.4) is 0 Å². The van der Waals surface area contributed by atoms with Crippen LogP contribution in [-0.2, 0) is 0 Å². The Morgan fingerprint density at radius 2 is 2.44 bits per heavy atom. The van der Waals surface area contributed by atoms with Crippen molar-refractivity contribution in [3.05, 3.63) is 24.0 Å². The molecule has 0 aliphatic rings. The molecule has 1 heterocycles. The Morgan fingerprint density at radius 1 is 1.67 bits per heavy atom. The van der Waals surface area contributed by atoms with Crippen molar-refractivity contribution >= 4 is 6.21 Å². The molecule has 0 saturated heterocycles. The fourth-order valence-corrected chi connectivity index (χ4v) is 0.520. The summed E-state index contributed by atoms with van der Waals surface area (Å²) in [5.74, 6) is 0.0486. The molecule has 1 aromatic heterocycles. The van der Waals surface area contributed by atoms with Gasteiger partial charge in [-0.1, -0.05) is 0 Å². The minimum absolute atomic E-state index is 0.0486. The van der Waals surface area contributed by atoms with E-state index in [0.29, 0.717) is 5.69 Å². The first-order chi connectivity index (χ1) is 4.34. The fourth-order valence-electron chi connectivity index (χ4n) is 0.520. The molecule has 3 nitrogen and oxygen atoms in total. The average Bonchev–Trinajstić information content (AvgIpc) is 1.89. The van der Waals surface area contributed by atoms with Crippen LogP contribution in [0.25, 0.3) is 0 Å². The SMILES string of the molecule is N=Cc1ncccc1O. The molecule has 0 aliphatic carbocycles. The third-order valence-electron chi connectivity index (χ3n) is 0.953. The van der Waals surface area contributed by atoms with Gasteiger partial charge in [0.25, 0.3) is 0 Å². The van der Waals surface area contributed by atoms with E-state index >= 15 is 0 Å². The number of pyridine rings is 1. The maximum absolute atomic E-state index is 8.90. The summed E-state index contributed by atoms with van der Waals surface area (Å²) in [4.78, 5) is 3.70. The normalized spacial score (nSPS) is 8.89. The van der Waals surface area contributed by atoms with Gasteiger partial charge in [0.15, 0.2) is 0 Å². The van der Waals surface area contributed by atoms with Crippen molar-refractivity contribution in [3.8, 4) is 5.75 Å². The molecular formula is C6H6N2O. The van der Waals surface area contributed by atoms with Gasteiger partial charge in [-0.05, 0) is 12.1 Å². The molecule has 0 amide bonds. The first-order valence-corrected chi connectivity index (χ1v) is 2.49. The van der Waals surface area contributed by atoms with E-state index in [1.54, 1.807) is 6.07 Å². The summed E-state index contributed by atoms with van der Waals surface area (Å²) in [5.41, 5.74) is 0.303. The van der Waals surface area contributed by atoms with Gasteiger partial charge >= 0.3 is 0 Å². The van der Waals surface area contributed by atoms with Crippen molar-refractivity contribution in [1.29, 1.82) is 5.41 Å². The van der Waals surface area contributed by atoms with Gasteiger partial charge in [0.2, 0.25) is 0 Å². The summed E-state index contributed by atoms with van der Waals surface area (Å²) in [7, 11) is 0. The smallest absolute Gasteiger partial charge is 0.142 e. The monoisotopic (exact) mass is 122 g/mol. The van der Waals surface area contributed by atoms with Gasteiger partial charge in [0, 0.05) is 12.4 Å². The first kappa shape index (κ1) is 5.75. The van der Waals surface area contributed by atoms with Crippen molar-refractivity contribution in [2.45, 2.75) is 0 Å². The summed E-state index contributed by atoms with van der Waals surface area (Å²) in [6, 6.07) is 3.11. The number of rotatable bonds is 1. The van der Waals surface area contributed by atoms with Gasteiger partial charge in [-0.15, -0.1) is 0 Å². The highest BCUT2D eigenvalue weighted by Crippen LogP contribution is 2.08. The van der Waals surface area contributed by atoms with Crippen molar-refractivity contribution in [3.63, 3.8) is 0 Å². The molecule has 0 unspecified atom stereocenters. The molecule has 0 bridgehead atoms. The highest BCUT2D eigenvalue weighted by atomic mass is 16.3. The van der Waals surface area contributed by atoms with E-state index in [9.17, 15) is 0 Å². The van der Waals surface area contributed by atoms with Gasteiger partial charge in [-0.3, -0.25) is 4.98 Å². The number of hydrogen-bond acceptors (Lipinski definition) is 3. The van der Waals surface area contributed by atoms with E-state index in [4.69, 9.17) is 10.5 Å². The lowest BCUT2D eigenvalue weighted by Gasteiger charge is -1.91. The predicted octanol–water partition coefficient (Wildman–Crippen LogP) is 0.785. The third kappa shape index (κ3) is 1.05. The van der Waals surface area contributed by atoms with Crippen LogP contribution >= 0.6 is 0 Å². The van der Waals surface area contributed by atoms with Crippen LogP contribution in [-0.4, -0.2) is 16.3 Å². The molecule has 0 spiro atoms. The number of nitrogens with one attached hydrogen (secondary N) is 1. The van der Waals surface area contributed by atoms with Crippen LogP contribution in [0.15, 0.2) is 18.3 Å². The number of aromatic nitrogens is 1. The molecule has 0 radical (unpaired) electrons. The molecule has 9 heavy (non-hydrogen) atoms. The minimum Gasteiger partial charge on any atom is -0.506 e. The minimum atomic E-state index is 0.0486. The van der Waals surface area contributed by atoms with Gasteiger partial charge in [-0.2, -0.15) is 0 Å². The second-order valence-corrected chi connectivity index (χ2v) is 1.55. The predicted molar refractivity (Wildman–Crippen MR) is 33.8 cm³/mol. The summed E-state index contributed by atoms with van der Waals surface area (Å²) in [5, 5.41) is 15.6. The van der Waals surface area contributed by atoms with E-state index in [-0.39, 0.29) is 5.75 Å².